The van der Waals surface area contributed by atoms with Crippen molar-refractivity contribution in [3.8, 4) is 5.75 Å². The Morgan fingerprint density at radius 1 is 0.600 bits per heavy atom. The summed E-state index contributed by atoms with van der Waals surface area (Å²) in [5, 5.41) is 0. The van der Waals surface area contributed by atoms with Gasteiger partial charge in [-0.25, -0.2) is 0 Å². The van der Waals surface area contributed by atoms with E-state index < -0.39 is 0 Å². The second-order valence-corrected chi connectivity index (χ2v) is 7.60. The number of hydrogen-bond donors (Lipinski definition) is 0. The molecule has 0 spiro atoms. The summed E-state index contributed by atoms with van der Waals surface area (Å²) in [6.45, 7) is 8.10. The van der Waals surface area contributed by atoms with E-state index in [1.807, 2.05) is 27.7 Å². The van der Waals surface area contributed by atoms with Gasteiger partial charge in [-0.2, -0.15) is 0 Å². The van der Waals surface area contributed by atoms with E-state index in [0.29, 0.717) is 0 Å². The molecule has 0 N–H and O–H groups in total. The highest BCUT2D eigenvalue weighted by Crippen LogP contribution is 2.31. The summed E-state index contributed by atoms with van der Waals surface area (Å²) < 4.78 is 5.76. The van der Waals surface area contributed by atoms with Crippen LogP contribution in [-0.4, -0.2) is 6.10 Å². The lowest BCUT2D eigenvalue weighted by Gasteiger charge is -2.11. The SMILES string of the molecule is CC.CC(C)Oc1ccc([S+](c2ccccc2)c2ccccc2)cc1. The highest BCUT2D eigenvalue weighted by molar-refractivity contribution is 7.97. The Bertz CT molecular complexity index is 682. The molecule has 0 fully saturated rings. The molecule has 0 unspecified atom stereocenters. The standard InChI is InChI=1S/C21H21OS.C2H6/c1-17(2)22-18-13-15-21(16-14-18)23(19-9-5-3-6-10-19)20-11-7-4-8-12-20;1-2/h3-17H,1-2H3;1-2H3/q+1;. The van der Waals surface area contributed by atoms with Crippen LogP contribution in [0.2, 0.25) is 0 Å². The van der Waals surface area contributed by atoms with Gasteiger partial charge in [-0.3, -0.25) is 0 Å². The van der Waals surface area contributed by atoms with Crippen molar-refractivity contribution >= 4 is 10.9 Å². The average Bonchev–Trinajstić information content (AvgIpc) is 2.66. The fraction of sp³-hybridized carbons (Fsp3) is 0.217. The summed E-state index contributed by atoms with van der Waals surface area (Å²) in [4.78, 5) is 3.96. The van der Waals surface area contributed by atoms with E-state index in [2.05, 4.69) is 84.9 Å². The fourth-order valence-electron chi connectivity index (χ4n) is 2.45. The van der Waals surface area contributed by atoms with Crippen molar-refractivity contribution in [2.24, 2.45) is 0 Å². The molecule has 0 aromatic heterocycles. The molecule has 3 aromatic rings. The van der Waals surface area contributed by atoms with E-state index in [1.54, 1.807) is 0 Å². The Kier molecular flexibility index (Phi) is 7.62. The maximum atomic E-state index is 5.76. The topological polar surface area (TPSA) is 9.23 Å². The van der Waals surface area contributed by atoms with Crippen molar-refractivity contribution in [1.29, 1.82) is 0 Å². The lowest BCUT2D eigenvalue weighted by atomic mass is 10.3. The minimum atomic E-state index is -0.0911. The number of hydrogen-bond acceptors (Lipinski definition) is 1. The molecule has 0 bridgehead atoms. The van der Waals surface area contributed by atoms with E-state index in [-0.39, 0.29) is 17.0 Å². The van der Waals surface area contributed by atoms with Crippen molar-refractivity contribution in [3.05, 3.63) is 84.9 Å². The first kappa shape index (κ1) is 19.1. The third-order valence-corrected chi connectivity index (χ3v) is 5.62. The molecule has 25 heavy (non-hydrogen) atoms. The number of benzene rings is 3. The molecule has 2 heteroatoms. The van der Waals surface area contributed by atoms with E-state index in [4.69, 9.17) is 4.74 Å². The molecule has 0 aliphatic carbocycles. The molecule has 0 radical (unpaired) electrons. The van der Waals surface area contributed by atoms with Gasteiger partial charge in [0.1, 0.15) is 5.75 Å². The monoisotopic (exact) mass is 351 g/mol. The zero-order valence-electron chi connectivity index (χ0n) is 15.5. The quantitative estimate of drug-likeness (QED) is 0.471. The van der Waals surface area contributed by atoms with Crippen molar-refractivity contribution in [2.75, 3.05) is 0 Å². The van der Waals surface area contributed by atoms with Crippen LogP contribution in [0.5, 0.6) is 5.75 Å². The Balaban J connectivity index is 0.00000109. The fourth-order valence-corrected chi connectivity index (χ4v) is 4.53. The third-order valence-electron chi connectivity index (χ3n) is 3.39. The molecule has 3 rings (SSSR count). The zero-order valence-corrected chi connectivity index (χ0v) is 16.3. The van der Waals surface area contributed by atoms with E-state index in [9.17, 15) is 0 Å². The van der Waals surface area contributed by atoms with Gasteiger partial charge in [0.25, 0.3) is 0 Å². The normalized spacial score (nSPS) is 10.3. The van der Waals surface area contributed by atoms with Crippen LogP contribution in [0, 0.1) is 0 Å². The van der Waals surface area contributed by atoms with Crippen LogP contribution in [0.3, 0.4) is 0 Å². The summed E-state index contributed by atoms with van der Waals surface area (Å²) in [5.74, 6) is 0.924. The summed E-state index contributed by atoms with van der Waals surface area (Å²) in [6.07, 6.45) is 0.197. The van der Waals surface area contributed by atoms with Gasteiger partial charge in [-0.1, -0.05) is 50.2 Å². The van der Waals surface area contributed by atoms with Crippen molar-refractivity contribution in [1.82, 2.24) is 0 Å². The molecule has 1 nitrogen and oxygen atoms in total. The first-order valence-corrected chi connectivity index (χ1v) is 10.1. The van der Waals surface area contributed by atoms with Crippen LogP contribution in [-0.2, 0) is 10.9 Å². The minimum Gasteiger partial charge on any atom is -0.491 e. The van der Waals surface area contributed by atoms with E-state index >= 15 is 0 Å². The molecular weight excluding hydrogens is 324 g/mol. The van der Waals surface area contributed by atoms with Crippen LogP contribution in [0.25, 0.3) is 0 Å². The Labute approximate surface area is 155 Å². The first-order chi connectivity index (χ1) is 12.2. The predicted octanol–water partition coefficient (Wildman–Crippen LogP) is 6.60. The van der Waals surface area contributed by atoms with Gasteiger partial charge in [-0.15, -0.1) is 0 Å². The van der Waals surface area contributed by atoms with E-state index in [0.717, 1.165) is 5.75 Å². The lowest BCUT2D eigenvalue weighted by Crippen LogP contribution is -2.07. The second kappa shape index (κ2) is 9.95. The maximum absolute atomic E-state index is 5.76. The maximum Gasteiger partial charge on any atom is 0.166 e. The van der Waals surface area contributed by atoms with Gasteiger partial charge in [0.05, 0.1) is 17.0 Å². The molecular formula is C23H27OS+. The molecule has 0 aliphatic heterocycles. The molecule has 0 aliphatic rings. The summed E-state index contributed by atoms with van der Waals surface area (Å²) >= 11 is 0. The molecule has 130 valence electrons. The molecule has 0 saturated carbocycles. The van der Waals surface area contributed by atoms with Crippen LogP contribution >= 0.6 is 0 Å². The van der Waals surface area contributed by atoms with Gasteiger partial charge in [0.2, 0.25) is 0 Å². The van der Waals surface area contributed by atoms with Gasteiger partial charge in [0.15, 0.2) is 14.7 Å². The number of ether oxygens (including phenoxy) is 1. The van der Waals surface area contributed by atoms with E-state index in [1.165, 1.54) is 14.7 Å². The molecule has 0 saturated heterocycles. The molecule has 3 aromatic carbocycles. The molecule has 0 heterocycles. The third kappa shape index (κ3) is 5.40. The molecule has 0 atom stereocenters. The van der Waals surface area contributed by atoms with Gasteiger partial charge in [0, 0.05) is 0 Å². The summed E-state index contributed by atoms with van der Waals surface area (Å²) in [7, 11) is -0.0911. The van der Waals surface area contributed by atoms with Gasteiger partial charge < -0.3 is 4.74 Å². The lowest BCUT2D eigenvalue weighted by molar-refractivity contribution is 0.242. The van der Waals surface area contributed by atoms with Crippen LogP contribution in [0.4, 0.5) is 0 Å². The first-order valence-electron chi connectivity index (χ1n) is 8.85. The predicted molar refractivity (Wildman–Crippen MR) is 109 cm³/mol. The average molecular weight is 352 g/mol. The Hall–Kier alpha value is -2.19. The van der Waals surface area contributed by atoms with Crippen LogP contribution in [0.15, 0.2) is 99.6 Å². The number of rotatable bonds is 5. The largest absolute Gasteiger partial charge is 0.491 e. The Morgan fingerprint density at radius 2 is 1.00 bits per heavy atom. The second-order valence-electron chi connectivity index (χ2n) is 5.57. The minimum absolute atomic E-state index is 0.0911. The van der Waals surface area contributed by atoms with Crippen molar-refractivity contribution in [3.63, 3.8) is 0 Å². The zero-order chi connectivity index (χ0) is 18.1. The highest BCUT2D eigenvalue weighted by atomic mass is 32.2. The smallest absolute Gasteiger partial charge is 0.166 e. The van der Waals surface area contributed by atoms with Gasteiger partial charge >= 0.3 is 0 Å². The van der Waals surface area contributed by atoms with Crippen LogP contribution < -0.4 is 4.74 Å². The summed E-state index contributed by atoms with van der Waals surface area (Å²) in [5.41, 5.74) is 0. The molecule has 0 amide bonds. The highest BCUT2D eigenvalue weighted by Gasteiger charge is 2.28. The van der Waals surface area contributed by atoms with Crippen LogP contribution in [0.1, 0.15) is 27.7 Å². The van der Waals surface area contributed by atoms with Gasteiger partial charge in [-0.05, 0) is 62.4 Å². The van der Waals surface area contributed by atoms with Crippen molar-refractivity contribution in [2.45, 2.75) is 48.5 Å². The van der Waals surface area contributed by atoms with Crippen molar-refractivity contribution < 1.29 is 4.74 Å². The Morgan fingerprint density at radius 3 is 1.40 bits per heavy atom. The summed E-state index contributed by atoms with van der Waals surface area (Å²) in [6, 6.07) is 29.9.